The van der Waals surface area contributed by atoms with Crippen molar-refractivity contribution in [1.29, 1.82) is 5.26 Å². The van der Waals surface area contributed by atoms with Gasteiger partial charge in [-0.05, 0) is 48.4 Å². The van der Waals surface area contributed by atoms with Gasteiger partial charge in [0.05, 0.1) is 11.6 Å². The van der Waals surface area contributed by atoms with Gasteiger partial charge in [-0.1, -0.05) is 6.07 Å². The van der Waals surface area contributed by atoms with Crippen molar-refractivity contribution in [1.82, 2.24) is 0 Å². The van der Waals surface area contributed by atoms with Gasteiger partial charge in [-0.3, -0.25) is 0 Å². The van der Waals surface area contributed by atoms with E-state index in [-0.39, 0.29) is 5.82 Å². The minimum absolute atomic E-state index is 0.334. The Balaban J connectivity index is 2.13. The summed E-state index contributed by atoms with van der Waals surface area (Å²) in [6.07, 6.45) is 0. The summed E-state index contributed by atoms with van der Waals surface area (Å²) < 4.78 is 13.7. The van der Waals surface area contributed by atoms with Crippen molar-refractivity contribution in [2.75, 3.05) is 5.73 Å². The lowest BCUT2D eigenvalue weighted by Gasteiger charge is -2.07. The molecule has 0 spiro atoms. The van der Waals surface area contributed by atoms with Crippen LogP contribution in [0, 0.1) is 24.1 Å². The second-order valence-corrected chi connectivity index (χ2v) is 5.25. The number of halogens is 1. The van der Waals surface area contributed by atoms with Crippen LogP contribution in [0.2, 0.25) is 0 Å². The highest BCUT2D eigenvalue weighted by Crippen LogP contribution is 2.28. The summed E-state index contributed by atoms with van der Waals surface area (Å²) in [5.41, 5.74) is 8.44. The molecule has 2 aromatic carbocycles. The van der Waals surface area contributed by atoms with Crippen LogP contribution in [-0.2, 0) is 5.75 Å². The van der Waals surface area contributed by atoms with Gasteiger partial charge in [0.15, 0.2) is 0 Å². The van der Waals surface area contributed by atoms with Gasteiger partial charge in [0.25, 0.3) is 0 Å². The van der Waals surface area contributed by atoms with E-state index < -0.39 is 0 Å². The lowest BCUT2D eigenvalue weighted by atomic mass is 10.1. The predicted octanol–water partition coefficient (Wildman–Crippen LogP) is 3.88. The molecule has 0 aliphatic carbocycles. The zero-order valence-electron chi connectivity index (χ0n) is 10.5. The van der Waals surface area contributed by atoms with Crippen molar-refractivity contribution >= 4 is 17.4 Å². The second kappa shape index (κ2) is 5.77. The van der Waals surface area contributed by atoms with E-state index in [4.69, 9.17) is 11.0 Å². The van der Waals surface area contributed by atoms with Gasteiger partial charge < -0.3 is 5.73 Å². The minimum Gasteiger partial charge on any atom is -0.399 e. The smallest absolute Gasteiger partial charge is 0.128 e. The Kier molecular flexibility index (Phi) is 4.08. The Morgan fingerprint density at radius 3 is 2.68 bits per heavy atom. The van der Waals surface area contributed by atoms with Crippen molar-refractivity contribution in [3.05, 3.63) is 58.9 Å². The van der Waals surface area contributed by atoms with Crippen LogP contribution in [0.25, 0.3) is 0 Å². The van der Waals surface area contributed by atoms with Gasteiger partial charge in [0.2, 0.25) is 0 Å². The van der Waals surface area contributed by atoms with Crippen LogP contribution in [-0.4, -0.2) is 0 Å². The average Bonchev–Trinajstić information content (AvgIpc) is 2.39. The largest absolute Gasteiger partial charge is 0.399 e. The van der Waals surface area contributed by atoms with Crippen LogP contribution in [0.3, 0.4) is 0 Å². The molecule has 2 N–H and O–H groups in total. The van der Waals surface area contributed by atoms with Crippen LogP contribution >= 0.6 is 11.8 Å². The van der Waals surface area contributed by atoms with E-state index in [0.717, 1.165) is 16.1 Å². The Hall–Kier alpha value is -1.99. The summed E-state index contributed by atoms with van der Waals surface area (Å²) in [4.78, 5) is 1.08. The number of thioether (sulfide) groups is 1. The fraction of sp³-hybridized carbons (Fsp3) is 0.133. The lowest BCUT2D eigenvalue weighted by Crippen LogP contribution is -1.91. The molecule has 0 aliphatic heterocycles. The Bertz CT molecular complexity index is 647. The summed E-state index contributed by atoms with van der Waals surface area (Å²) in [6, 6.07) is 12.2. The molecule has 0 bridgehead atoms. The van der Waals surface area contributed by atoms with Crippen molar-refractivity contribution in [2.24, 2.45) is 0 Å². The molecule has 2 rings (SSSR count). The number of anilines is 1. The van der Waals surface area contributed by atoms with E-state index in [2.05, 4.69) is 0 Å². The third-order valence-corrected chi connectivity index (χ3v) is 3.99. The maximum atomic E-state index is 13.7. The van der Waals surface area contributed by atoms with E-state index in [9.17, 15) is 4.39 Å². The summed E-state index contributed by atoms with van der Waals surface area (Å²) in [5, 5.41) is 8.69. The maximum absolute atomic E-state index is 13.7. The topological polar surface area (TPSA) is 49.8 Å². The van der Waals surface area contributed by atoms with Gasteiger partial charge in [-0.25, -0.2) is 4.39 Å². The molecule has 0 aromatic heterocycles. The van der Waals surface area contributed by atoms with E-state index in [0.29, 0.717) is 16.9 Å². The number of hydrogen-bond donors (Lipinski definition) is 1. The zero-order valence-corrected chi connectivity index (χ0v) is 11.3. The fourth-order valence-corrected chi connectivity index (χ4v) is 2.72. The van der Waals surface area contributed by atoms with Crippen LogP contribution in [0.15, 0.2) is 41.3 Å². The van der Waals surface area contributed by atoms with Gasteiger partial charge in [-0.15, -0.1) is 11.8 Å². The van der Waals surface area contributed by atoms with E-state index >= 15 is 0 Å². The number of nitrogens with zero attached hydrogens (tertiary/aromatic N) is 1. The first-order valence-electron chi connectivity index (χ1n) is 5.77. The molecular formula is C15H13FN2S. The Morgan fingerprint density at radius 1 is 1.26 bits per heavy atom. The van der Waals surface area contributed by atoms with Gasteiger partial charge in [0, 0.05) is 16.3 Å². The van der Waals surface area contributed by atoms with Gasteiger partial charge in [0.1, 0.15) is 5.82 Å². The fourth-order valence-electron chi connectivity index (χ4n) is 1.72. The standard InChI is InChI=1S/C15H13FN2S/c1-10-6-13(18)4-5-15(10)19-9-12-3-2-11(8-17)7-14(12)16/h2-7H,9,18H2,1H3. The molecule has 2 aromatic rings. The zero-order chi connectivity index (χ0) is 13.8. The molecule has 0 atom stereocenters. The Labute approximate surface area is 116 Å². The molecular weight excluding hydrogens is 259 g/mol. The average molecular weight is 272 g/mol. The van der Waals surface area contributed by atoms with E-state index in [1.165, 1.54) is 6.07 Å². The Morgan fingerprint density at radius 2 is 2.05 bits per heavy atom. The molecule has 0 heterocycles. The number of nitrogens with two attached hydrogens (primary N) is 1. The molecule has 0 saturated heterocycles. The first-order chi connectivity index (χ1) is 9.10. The molecule has 0 fully saturated rings. The number of rotatable bonds is 3. The van der Waals surface area contributed by atoms with Crippen LogP contribution in [0.1, 0.15) is 16.7 Å². The number of nitrogen functional groups attached to an aromatic ring is 1. The molecule has 4 heteroatoms. The second-order valence-electron chi connectivity index (χ2n) is 4.23. The molecule has 0 radical (unpaired) electrons. The van der Waals surface area contributed by atoms with E-state index in [1.54, 1.807) is 23.9 Å². The normalized spacial score (nSPS) is 10.2. The van der Waals surface area contributed by atoms with Crippen molar-refractivity contribution in [3.8, 4) is 6.07 Å². The highest BCUT2D eigenvalue weighted by atomic mass is 32.2. The maximum Gasteiger partial charge on any atom is 0.128 e. The molecule has 2 nitrogen and oxygen atoms in total. The third kappa shape index (κ3) is 3.27. The van der Waals surface area contributed by atoms with Crippen LogP contribution < -0.4 is 5.73 Å². The lowest BCUT2D eigenvalue weighted by molar-refractivity contribution is 0.617. The first-order valence-corrected chi connectivity index (χ1v) is 6.76. The summed E-state index contributed by atoms with van der Waals surface area (Å²) >= 11 is 1.56. The van der Waals surface area contributed by atoms with Crippen molar-refractivity contribution in [3.63, 3.8) is 0 Å². The third-order valence-electron chi connectivity index (χ3n) is 2.76. The number of nitriles is 1. The SMILES string of the molecule is Cc1cc(N)ccc1SCc1ccc(C#N)cc1F. The number of benzene rings is 2. The summed E-state index contributed by atoms with van der Waals surface area (Å²) in [5.74, 6) is 0.196. The number of hydrogen-bond acceptors (Lipinski definition) is 3. The quantitative estimate of drug-likeness (QED) is 0.681. The van der Waals surface area contributed by atoms with Crippen LogP contribution in [0.4, 0.5) is 10.1 Å². The van der Waals surface area contributed by atoms with E-state index in [1.807, 2.05) is 31.2 Å². The minimum atomic E-state index is -0.334. The molecule has 0 saturated carbocycles. The predicted molar refractivity (Wildman–Crippen MR) is 76.3 cm³/mol. The first kappa shape index (κ1) is 13.4. The molecule has 96 valence electrons. The summed E-state index contributed by atoms with van der Waals surface area (Å²) in [7, 11) is 0. The summed E-state index contributed by atoms with van der Waals surface area (Å²) in [6.45, 7) is 1.98. The monoisotopic (exact) mass is 272 g/mol. The highest BCUT2D eigenvalue weighted by molar-refractivity contribution is 7.98. The highest BCUT2D eigenvalue weighted by Gasteiger charge is 2.06. The van der Waals surface area contributed by atoms with Gasteiger partial charge >= 0.3 is 0 Å². The van der Waals surface area contributed by atoms with Gasteiger partial charge in [-0.2, -0.15) is 5.26 Å². The molecule has 0 amide bonds. The van der Waals surface area contributed by atoms with Crippen molar-refractivity contribution < 1.29 is 4.39 Å². The number of aryl methyl sites for hydroxylation is 1. The molecule has 19 heavy (non-hydrogen) atoms. The molecule has 0 unspecified atom stereocenters. The van der Waals surface area contributed by atoms with Crippen molar-refractivity contribution in [2.45, 2.75) is 17.6 Å². The van der Waals surface area contributed by atoms with Crippen LogP contribution in [0.5, 0.6) is 0 Å². The molecule has 0 aliphatic rings.